The lowest BCUT2D eigenvalue weighted by atomic mass is 10.0. The Morgan fingerprint density at radius 3 is 2.07 bits per heavy atom. The van der Waals surface area contributed by atoms with Crippen LogP contribution in [0.1, 0.15) is 22.3 Å². The summed E-state index contributed by atoms with van der Waals surface area (Å²) < 4.78 is 0. The minimum absolute atomic E-state index is 0.660. The zero-order valence-electron chi connectivity index (χ0n) is 15.8. The number of rotatable bonds is 1. The van der Waals surface area contributed by atoms with Gasteiger partial charge in [-0.15, -0.1) is 12.8 Å². The van der Waals surface area contributed by atoms with E-state index < -0.39 is 0 Å². The van der Waals surface area contributed by atoms with Crippen molar-refractivity contribution in [1.29, 1.82) is 0 Å². The second-order valence-corrected chi connectivity index (χ2v) is 7.03. The topological polar surface area (TPSA) is 15.3 Å². The van der Waals surface area contributed by atoms with E-state index in [9.17, 15) is 0 Å². The Morgan fingerprint density at radius 2 is 1.48 bits per heavy atom. The predicted octanol–water partition coefficient (Wildman–Crippen LogP) is 4.02. The maximum atomic E-state index is 5.29. The van der Waals surface area contributed by atoms with E-state index in [1.54, 1.807) is 0 Å². The molecular formula is C24H27BrN2. The molecule has 0 fully saturated rings. The van der Waals surface area contributed by atoms with Gasteiger partial charge in [-0.1, -0.05) is 76.3 Å². The van der Waals surface area contributed by atoms with E-state index in [1.807, 2.05) is 0 Å². The number of nitrogens with zero attached hydrogens (tertiary/aromatic N) is 1. The molecular weight excluding hydrogens is 396 g/mol. The molecule has 2 aromatic carbocycles. The third-order valence-electron chi connectivity index (χ3n) is 4.61. The maximum Gasteiger partial charge on any atom is 0.0642 e. The van der Waals surface area contributed by atoms with Crippen LogP contribution < -0.4 is 5.32 Å². The van der Waals surface area contributed by atoms with Crippen molar-refractivity contribution in [2.24, 2.45) is 0 Å². The van der Waals surface area contributed by atoms with Crippen LogP contribution in [0.25, 0.3) is 0 Å². The molecule has 4 rings (SSSR count). The van der Waals surface area contributed by atoms with Crippen molar-refractivity contribution in [3.8, 4) is 24.7 Å². The fourth-order valence-electron chi connectivity index (χ4n) is 3.24. The summed E-state index contributed by atoms with van der Waals surface area (Å²) in [7, 11) is 0. The Kier molecular flexibility index (Phi) is 9.74. The number of nitrogens with one attached hydrogen (secondary N) is 1. The first-order valence-corrected chi connectivity index (χ1v) is 10.4. The van der Waals surface area contributed by atoms with Crippen molar-refractivity contribution in [3.05, 3.63) is 70.8 Å². The Morgan fingerprint density at radius 1 is 0.889 bits per heavy atom. The first kappa shape index (κ1) is 21.3. The molecule has 3 heteroatoms. The summed E-state index contributed by atoms with van der Waals surface area (Å²) in [5, 5.41) is 4.00. The Hall–Kier alpha value is -2.04. The molecule has 140 valence electrons. The van der Waals surface area contributed by atoms with Gasteiger partial charge in [-0.05, 0) is 41.6 Å². The normalized spacial score (nSPS) is 14.6. The van der Waals surface area contributed by atoms with E-state index in [-0.39, 0.29) is 0 Å². The zero-order valence-corrected chi connectivity index (χ0v) is 17.3. The molecule has 0 amide bonds. The Labute approximate surface area is 172 Å². The van der Waals surface area contributed by atoms with Gasteiger partial charge in [-0.2, -0.15) is 0 Å². The summed E-state index contributed by atoms with van der Waals surface area (Å²) in [6.45, 7) is 5.07. The number of fused-ring (bicyclic) bond motifs is 2. The lowest BCUT2D eigenvalue weighted by Crippen LogP contribution is -2.30. The van der Waals surface area contributed by atoms with Gasteiger partial charge in [0.25, 0.3) is 0 Å². The second kappa shape index (κ2) is 12.4. The van der Waals surface area contributed by atoms with Crippen LogP contribution in [0, 0.1) is 24.7 Å². The predicted molar refractivity (Wildman–Crippen MR) is 119 cm³/mol. The highest BCUT2D eigenvalue weighted by Crippen LogP contribution is 2.17. The summed E-state index contributed by atoms with van der Waals surface area (Å²) in [5.74, 6) is 5.04. The molecule has 2 nitrogen and oxygen atoms in total. The van der Waals surface area contributed by atoms with Crippen LogP contribution in [0.4, 0.5) is 0 Å². The smallest absolute Gasteiger partial charge is 0.0642 e. The molecule has 0 atom stereocenters. The van der Waals surface area contributed by atoms with E-state index in [1.165, 1.54) is 28.7 Å². The van der Waals surface area contributed by atoms with E-state index in [0.717, 1.165) is 39.1 Å². The van der Waals surface area contributed by atoms with Gasteiger partial charge < -0.3 is 5.32 Å². The van der Waals surface area contributed by atoms with Crippen molar-refractivity contribution in [2.75, 3.05) is 25.0 Å². The molecule has 0 aliphatic carbocycles. The number of hydrogen-bond acceptors (Lipinski definition) is 2. The lowest BCUT2D eigenvalue weighted by molar-refractivity contribution is 0.286. The molecule has 2 heterocycles. The van der Waals surface area contributed by atoms with Crippen LogP contribution in [0.5, 0.6) is 0 Å². The van der Waals surface area contributed by atoms with Crippen LogP contribution in [0.3, 0.4) is 0 Å². The van der Waals surface area contributed by atoms with Gasteiger partial charge in [0.05, 0.1) is 11.9 Å². The zero-order chi connectivity index (χ0) is 19.3. The standard InChI is InChI=1S/C12H13N.C9H11N.C3H3Br/c1-2-8-13-9-7-11-5-3-4-6-12(11)10-13;1-2-4-9-7-10-6-5-8(9)3-1;1-2-3-4/h1,3-6H,7-10H2;1-4,10H,5-7H2;1H,3H2. The van der Waals surface area contributed by atoms with E-state index in [4.69, 9.17) is 12.8 Å². The number of alkyl halides is 1. The molecule has 0 saturated carbocycles. The van der Waals surface area contributed by atoms with Crippen molar-refractivity contribution in [1.82, 2.24) is 10.2 Å². The quantitative estimate of drug-likeness (QED) is 0.551. The van der Waals surface area contributed by atoms with Gasteiger partial charge >= 0.3 is 0 Å². The lowest BCUT2D eigenvalue weighted by Gasteiger charge is -2.26. The molecule has 0 bridgehead atoms. The van der Waals surface area contributed by atoms with Gasteiger partial charge in [-0.3, -0.25) is 4.90 Å². The average molecular weight is 423 g/mol. The summed E-state index contributed by atoms with van der Waals surface area (Å²) in [5.41, 5.74) is 5.90. The number of halogens is 1. The minimum atomic E-state index is 0.660. The average Bonchev–Trinajstić information content (AvgIpc) is 2.75. The largest absolute Gasteiger partial charge is 0.312 e. The van der Waals surface area contributed by atoms with Crippen LogP contribution >= 0.6 is 15.9 Å². The fourth-order valence-corrected chi connectivity index (χ4v) is 3.24. The summed E-state index contributed by atoms with van der Waals surface area (Å²) >= 11 is 3.01. The molecule has 2 aliphatic rings. The maximum absolute atomic E-state index is 5.29. The van der Waals surface area contributed by atoms with E-state index in [0.29, 0.717) is 5.33 Å². The molecule has 0 unspecified atom stereocenters. The Balaban J connectivity index is 0.000000166. The van der Waals surface area contributed by atoms with Gasteiger partial charge in [0.1, 0.15) is 0 Å². The molecule has 1 N–H and O–H groups in total. The highest BCUT2D eigenvalue weighted by Gasteiger charge is 2.13. The van der Waals surface area contributed by atoms with E-state index in [2.05, 4.69) is 86.5 Å². The van der Waals surface area contributed by atoms with Crippen LogP contribution in [-0.2, 0) is 25.9 Å². The molecule has 0 spiro atoms. The summed E-state index contributed by atoms with van der Waals surface area (Å²) in [4.78, 5) is 2.31. The molecule has 2 aromatic rings. The molecule has 0 radical (unpaired) electrons. The number of terminal acetylenes is 2. The third-order valence-corrected chi connectivity index (χ3v) is 4.93. The highest BCUT2D eigenvalue weighted by atomic mass is 79.9. The van der Waals surface area contributed by atoms with Crippen molar-refractivity contribution in [3.63, 3.8) is 0 Å². The van der Waals surface area contributed by atoms with E-state index >= 15 is 0 Å². The minimum Gasteiger partial charge on any atom is -0.312 e. The highest BCUT2D eigenvalue weighted by molar-refractivity contribution is 9.09. The molecule has 0 saturated heterocycles. The van der Waals surface area contributed by atoms with Crippen LogP contribution in [-0.4, -0.2) is 29.9 Å². The second-order valence-electron chi connectivity index (χ2n) is 6.47. The summed E-state index contributed by atoms with van der Waals surface area (Å²) in [6, 6.07) is 17.2. The van der Waals surface area contributed by atoms with Crippen LogP contribution in [0.15, 0.2) is 48.5 Å². The van der Waals surface area contributed by atoms with Crippen LogP contribution in [0.2, 0.25) is 0 Å². The van der Waals surface area contributed by atoms with Gasteiger partial charge in [0.15, 0.2) is 0 Å². The fraction of sp³-hybridized carbons (Fsp3) is 0.333. The monoisotopic (exact) mass is 422 g/mol. The van der Waals surface area contributed by atoms with Crippen molar-refractivity contribution >= 4 is 15.9 Å². The van der Waals surface area contributed by atoms with Gasteiger partial charge in [-0.25, -0.2) is 0 Å². The van der Waals surface area contributed by atoms with Gasteiger partial charge in [0.2, 0.25) is 0 Å². The molecule has 0 aromatic heterocycles. The molecule has 27 heavy (non-hydrogen) atoms. The van der Waals surface area contributed by atoms with Crippen molar-refractivity contribution in [2.45, 2.75) is 25.9 Å². The SMILES string of the molecule is C#CCBr.C#CCN1CCc2ccccc2C1.c1ccc2c(c1)CCNC2. The van der Waals surface area contributed by atoms with Gasteiger partial charge in [0, 0.05) is 19.6 Å². The van der Waals surface area contributed by atoms with Crippen molar-refractivity contribution < 1.29 is 0 Å². The summed E-state index contributed by atoms with van der Waals surface area (Å²) in [6.07, 6.45) is 12.3. The number of benzene rings is 2. The molecule has 2 aliphatic heterocycles. The third kappa shape index (κ3) is 7.24. The Bertz CT molecular complexity index is 760. The first-order chi connectivity index (χ1) is 13.3. The number of hydrogen-bond donors (Lipinski definition) is 1. The first-order valence-electron chi connectivity index (χ1n) is 9.28.